The number of hydrogen-bond donors (Lipinski definition) is 1. The normalized spacial score (nSPS) is 11.0. The van der Waals surface area contributed by atoms with Crippen LogP contribution in [0.1, 0.15) is 22.8 Å². The summed E-state index contributed by atoms with van der Waals surface area (Å²) in [6.07, 6.45) is 3.24. The van der Waals surface area contributed by atoms with Gasteiger partial charge in [0.1, 0.15) is 11.6 Å². The predicted molar refractivity (Wildman–Crippen MR) is 108 cm³/mol. The summed E-state index contributed by atoms with van der Waals surface area (Å²) < 4.78 is 16.7. The van der Waals surface area contributed by atoms with Gasteiger partial charge in [0.05, 0.1) is 11.8 Å². The standard InChI is InChI=1S/C22H19FN4O2/c1-2-27-20(11-12-24-27)25-22(29)21(28)18-14-26(19-6-4-3-5-17(18)19)13-15-7-9-16(23)10-8-15/h3-12,14H,2,13H2,1H3,(H,25,29). The number of Topliss-reactive ketones (excluding diaryl/α,β-unsaturated/α-hetero) is 1. The number of ketones is 1. The third-order valence-electron chi connectivity index (χ3n) is 4.76. The van der Waals surface area contributed by atoms with Crippen LogP contribution < -0.4 is 5.32 Å². The van der Waals surface area contributed by atoms with Crippen molar-refractivity contribution in [2.24, 2.45) is 0 Å². The van der Waals surface area contributed by atoms with Gasteiger partial charge in [-0.2, -0.15) is 5.10 Å². The molecule has 0 bridgehead atoms. The Kier molecular flexibility index (Phi) is 4.95. The van der Waals surface area contributed by atoms with Crippen LogP contribution in [0.5, 0.6) is 0 Å². The van der Waals surface area contributed by atoms with E-state index in [-0.39, 0.29) is 5.82 Å². The molecule has 1 N–H and O–H groups in total. The van der Waals surface area contributed by atoms with Crippen molar-refractivity contribution in [2.45, 2.75) is 20.0 Å². The van der Waals surface area contributed by atoms with Gasteiger partial charge in [0, 0.05) is 36.3 Å². The van der Waals surface area contributed by atoms with Gasteiger partial charge in [0.2, 0.25) is 0 Å². The van der Waals surface area contributed by atoms with Crippen LogP contribution in [0.2, 0.25) is 0 Å². The molecule has 0 aliphatic heterocycles. The molecule has 0 atom stereocenters. The van der Waals surface area contributed by atoms with E-state index < -0.39 is 11.7 Å². The summed E-state index contributed by atoms with van der Waals surface area (Å²) in [5.74, 6) is -1.17. The molecule has 2 aromatic carbocycles. The first-order valence-electron chi connectivity index (χ1n) is 9.26. The Hall–Kier alpha value is -3.74. The Labute approximate surface area is 166 Å². The fraction of sp³-hybridized carbons (Fsp3) is 0.136. The van der Waals surface area contributed by atoms with Crippen LogP contribution in [0.3, 0.4) is 0 Å². The van der Waals surface area contributed by atoms with Crippen LogP contribution in [-0.2, 0) is 17.9 Å². The Bertz CT molecular complexity index is 1190. The lowest BCUT2D eigenvalue weighted by Gasteiger charge is -2.06. The first-order chi connectivity index (χ1) is 14.1. The summed E-state index contributed by atoms with van der Waals surface area (Å²) in [7, 11) is 0. The maximum atomic E-state index is 13.2. The number of rotatable bonds is 6. The number of fused-ring (bicyclic) bond motifs is 1. The molecule has 0 unspecified atom stereocenters. The van der Waals surface area contributed by atoms with E-state index in [1.165, 1.54) is 12.1 Å². The smallest absolute Gasteiger partial charge is 0.297 e. The number of carbonyl (C=O) groups excluding carboxylic acids is 2. The van der Waals surface area contributed by atoms with E-state index in [1.54, 1.807) is 35.3 Å². The first kappa shape index (κ1) is 18.6. The summed E-state index contributed by atoms with van der Waals surface area (Å²) >= 11 is 0. The van der Waals surface area contributed by atoms with Crippen LogP contribution in [0, 0.1) is 5.82 Å². The van der Waals surface area contributed by atoms with Gasteiger partial charge in [0.15, 0.2) is 0 Å². The lowest BCUT2D eigenvalue weighted by Crippen LogP contribution is -2.24. The first-order valence-corrected chi connectivity index (χ1v) is 9.26. The molecule has 0 fully saturated rings. The maximum absolute atomic E-state index is 13.2. The minimum absolute atomic E-state index is 0.301. The molecule has 0 aliphatic carbocycles. The molecule has 6 nitrogen and oxygen atoms in total. The summed E-state index contributed by atoms with van der Waals surface area (Å²) in [6, 6.07) is 15.2. The van der Waals surface area contributed by atoms with Gasteiger partial charge in [-0.3, -0.25) is 9.59 Å². The van der Waals surface area contributed by atoms with E-state index in [4.69, 9.17) is 0 Å². The summed E-state index contributed by atoms with van der Waals surface area (Å²) in [5.41, 5.74) is 2.04. The number of aryl methyl sites for hydroxylation is 1. The van der Waals surface area contributed by atoms with Crippen molar-refractivity contribution in [3.8, 4) is 0 Å². The van der Waals surface area contributed by atoms with Gasteiger partial charge in [0.25, 0.3) is 11.7 Å². The van der Waals surface area contributed by atoms with Gasteiger partial charge in [-0.1, -0.05) is 30.3 Å². The van der Waals surface area contributed by atoms with Crippen molar-refractivity contribution in [3.63, 3.8) is 0 Å². The van der Waals surface area contributed by atoms with Gasteiger partial charge in [-0.05, 0) is 30.7 Å². The molecule has 1 amide bonds. The highest BCUT2D eigenvalue weighted by molar-refractivity contribution is 6.48. The number of nitrogens with one attached hydrogen (secondary N) is 1. The van der Waals surface area contributed by atoms with Crippen LogP contribution in [0.25, 0.3) is 10.9 Å². The quantitative estimate of drug-likeness (QED) is 0.401. The molecule has 4 rings (SSSR count). The molecule has 0 saturated heterocycles. The minimum atomic E-state index is -0.718. The second kappa shape index (κ2) is 7.71. The molecule has 0 aliphatic rings. The Morgan fingerprint density at radius 2 is 1.83 bits per heavy atom. The molecule has 2 aromatic heterocycles. The van der Waals surface area contributed by atoms with Gasteiger partial charge in [-0.15, -0.1) is 0 Å². The third kappa shape index (κ3) is 3.67. The molecule has 7 heteroatoms. The number of para-hydroxylation sites is 1. The van der Waals surface area contributed by atoms with Crippen LogP contribution in [-0.4, -0.2) is 26.0 Å². The minimum Gasteiger partial charge on any atom is -0.342 e. The number of hydrogen-bond acceptors (Lipinski definition) is 3. The van der Waals surface area contributed by atoms with E-state index in [9.17, 15) is 14.0 Å². The number of amides is 1. The number of aromatic nitrogens is 3. The van der Waals surface area contributed by atoms with Crippen molar-refractivity contribution in [2.75, 3.05) is 5.32 Å². The van der Waals surface area contributed by atoms with Crippen LogP contribution >= 0.6 is 0 Å². The third-order valence-corrected chi connectivity index (χ3v) is 4.76. The van der Waals surface area contributed by atoms with E-state index in [1.807, 2.05) is 35.8 Å². The van der Waals surface area contributed by atoms with Crippen molar-refractivity contribution in [1.82, 2.24) is 14.3 Å². The molecular formula is C22H19FN4O2. The van der Waals surface area contributed by atoms with E-state index in [0.29, 0.717) is 29.9 Å². The number of benzene rings is 2. The fourth-order valence-corrected chi connectivity index (χ4v) is 3.33. The molecule has 0 radical (unpaired) electrons. The van der Waals surface area contributed by atoms with Gasteiger partial charge >= 0.3 is 0 Å². The van der Waals surface area contributed by atoms with Crippen LogP contribution in [0.15, 0.2) is 67.0 Å². The summed E-state index contributed by atoms with van der Waals surface area (Å²) in [6.45, 7) is 2.93. The van der Waals surface area contributed by atoms with Gasteiger partial charge in [-0.25, -0.2) is 9.07 Å². The summed E-state index contributed by atoms with van der Waals surface area (Å²) in [4.78, 5) is 25.5. The zero-order chi connectivity index (χ0) is 20.4. The maximum Gasteiger partial charge on any atom is 0.297 e. The highest BCUT2D eigenvalue weighted by atomic mass is 19.1. The lowest BCUT2D eigenvalue weighted by atomic mass is 10.1. The molecule has 0 saturated carbocycles. The zero-order valence-electron chi connectivity index (χ0n) is 15.8. The average molecular weight is 390 g/mol. The van der Waals surface area contributed by atoms with E-state index in [2.05, 4.69) is 10.4 Å². The molecule has 2 heterocycles. The second-order valence-corrected chi connectivity index (χ2v) is 6.63. The van der Waals surface area contributed by atoms with Crippen LogP contribution in [0.4, 0.5) is 10.2 Å². The largest absolute Gasteiger partial charge is 0.342 e. The Balaban J connectivity index is 1.65. The number of anilines is 1. The number of nitrogens with zero attached hydrogens (tertiary/aromatic N) is 3. The lowest BCUT2D eigenvalue weighted by molar-refractivity contribution is -0.112. The van der Waals surface area contributed by atoms with Crippen molar-refractivity contribution in [3.05, 3.63) is 83.9 Å². The highest BCUT2D eigenvalue weighted by Gasteiger charge is 2.22. The number of carbonyl (C=O) groups is 2. The second-order valence-electron chi connectivity index (χ2n) is 6.63. The molecule has 0 spiro atoms. The van der Waals surface area contributed by atoms with Crippen molar-refractivity contribution in [1.29, 1.82) is 0 Å². The molecule has 4 aromatic rings. The molecular weight excluding hydrogens is 371 g/mol. The Morgan fingerprint density at radius 1 is 1.07 bits per heavy atom. The van der Waals surface area contributed by atoms with Crippen molar-refractivity contribution >= 4 is 28.4 Å². The Morgan fingerprint density at radius 3 is 2.59 bits per heavy atom. The topological polar surface area (TPSA) is 68.9 Å². The highest BCUT2D eigenvalue weighted by Crippen LogP contribution is 2.23. The van der Waals surface area contributed by atoms with Crippen molar-refractivity contribution < 1.29 is 14.0 Å². The van der Waals surface area contributed by atoms with E-state index >= 15 is 0 Å². The average Bonchev–Trinajstić information content (AvgIpc) is 3.33. The SMILES string of the molecule is CCn1nccc1NC(=O)C(=O)c1cn(Cc2ccc(F)cc2)c2ccccc12. The fourth-order valence-electron chi connectivity index (χ4n) is 3.33. The monoisotopic (exact) mass is 390 g/mol. The predicted octanol–water partition coefficient (Wildman–Crippen LogP) is 3.87. The van der Waals surface area contributed by atoms with E-state index in [0.717, 1.165) is 11.1 Å². The molecule has 146 valence electrons. The van der Waals surface area contributed by atoms with Gasteiger partial charge < -0.3 is 9.88 Å². The number of halogens is 1. The molecule has 29 heavy (non-hydrogen) atoms. The zero-order valence-corrected chi connectivity index (χ0v) is 15.8. The summed E-state index contributed by atoms with van der Waals surface area (Å²) in [5, 5.41) is 7.41.